The van der Waals surface area contributed by atoms with Gasteiger partial charge in [-0.2, -0.15) is 5.26 Å². The van der Waals surface area contributed by atoms with Crippen molar-refractivity contribution in [2.75, 3.05) is 5.32 Å². The number of benzene rings is 1. The Morgan fingerprint density at radius 2 is 2.21 bits per heavy atom. The van der Waals surface area contributed by atoms with E-state index in [2.05, 4.69) is 26.6 Å². The minimum Gasteiger partial charge on any atom is -0.480 e. The summed E-state index contributed by atoms with van der Waals surface area (Å²) >= 11 is 3.22. The fourth-order valence-electron chi connectivity index (χ4n) is 1.37. The molecule has 0 unspecified atom stereocenters. The number of nitrogens with zero attached hydrogens (tertiary/aromatic N) is 1. The number of urea groups is 1. The number of anilines is 1. The van der Waals surface area contributed by atoms with Gasteiger partial charge < -0.3 is 15.7 Å². The van der Waals surface area contributed by atoms with Crippen molar-refractivity contribution in [1.82, 2.24) is 5.32 Å². The maximum Gasteiger partial charge on any atom is 0.326 e. The summed E-state index contributed by atoms with van der Waals surface area (Å²) in [5, 5.41) is 22.5. The van der Waals surface area contributed by atoms with Gasteiger partial charge in [-0.3, -0.25) is 0 Å². The highest BCUT2D eigenvalue weighted by Gasteiger charge is 2.18. The smallest absolute Gasteiger partial charge is 0.326 e. The molecule has 0 aromatic heterocycles. The van der Waals surface area contributed by atoms with Crippen molar-refractivity contribution in [3.8, 4) is 6.07 Å². The first kappa shape index (κ1) is 15.0. The number of carboxylic acids is 1. The van der Waals surface area contributed by atoms with Crippen LogP contribution in [0.5, 0.6) is 0 Å². The highest BCUT2D eigenvalue weighted by atomic mass is 79.9. The van der Waals surface area contributed by atoms with E-state index in [0.29, 0.717) is 10.2 Å². The number of nitriles is 1. The SMILES string of the molecule is CC[C@H](NC(=O)Nc1ccc(Br)cc1C#N)C(=O)O. The molecule has 1 aromatic carbocycles. The molecule has 0 aliphatic heterocycles. The fourth-order valence-corrected chi connectivity index (χ4v) is 1.73. The van der Waals surface area contributed by atoms with Crippen molar-refractivity contribution in [2.24, 2.45) is 0 Å². The molecule has 19 heavy (non-hydrogen) atoms. The topological polar surface area (TPSA) is 102 Å². The molecule has 6 nitrogen and oxygen atoms in total. The molecule has 0 spiro atoms. The van der Waals surface area contributed by atoms with E-state index in [4.69, 9.17) is 10.4 Å². The number of carbonyl (C=O) groups is 2. The van der Waals surface area contributed by atoms with Gasteiger partial charge in [0, 0.05) is 4.47 Å². The molecule has 100 valence electrons. The zero-order valence-electron chi connectivity index (χ0n) is 10.1. The highest BCUT2D eigenvalue weighted by Crippen LogP contribution is 2.20. The van der Waals surface area contributed by atoms with Crippen molar-refractivity contribution in [1.29, 1.82) is 5.26 Å². The summed E-state index contributed by atoms with van der Waals surface area (Å²) in [5.74, 6) is -1.10. The minimum atomic E-state index is -1.10. The van der Waals surface area contributed by atoms with Gasteiger partial charge in [0.25, 0.3) is 0 Å². The van der Waals surface area contributed by atoms with Crippen molar-refractivity contribution in [3.63, 3.8) is 0 Å². The molecule has 0 aliphatic carbocycles. The van der Waals surface area contributed by atoms with Gasteiger partial charge in [0.15, 0.2) is 0 Å². The second-order valence-corrected chi connectivity index (χ2v) is 4.61. The summed E-state index contributed by atoms with van der Waals surface area (Å²) in [6.07, 6.45) is 0.272. The van der Waals surface area contributed by atoms with Gasteiger partial charge >= 0.3 is 12.0 Å². The van der Waals surface area contributed by atoms with Crippen LogP contribution in [-0.4, -0.2) is 23.1 Å². The van der Waals surface area contributed by atoms with Crippen LogP contribution in [0.1, 0.15) is 18.9 Å². The molecule has 0 aliphatic rings. The molecule has 0 fully saturated rings. The van der Waals surface area contributed by atoms with E-state index >= 15 is 0 Å². The summed E-state index contributed by atoms with van der Waals surface area (Å²) in [4.78, 5) is 22.4. The van der Waals surface area contributed by atoms with Crippen LogP contribution in [0.15, 0.2) is 22.7 Å². The van der Waals surface area contributed by atoms with Crippen molar-refractivity contribution in [3.05, 3.63) is 28.2 Å². The van der Waals surface area contributed by atoms with E-state index in [1.54, 1.807) is 25.1 Å². The first-order valence-electron chi connectivity index (χ1n) is 5.48. The van der Waals surface area contributed by atoms with Crippen LogP contribution in [0.4, 0.5) is 10.5 Å². The first-order valence-corrected chi connectivity index (χ1v) is 6.27. The zero-order chi connectivity index (χ0) is 14.4. The molecule has 7 heteroatoms. The maximum absolute atomic E-state index is 11.6. The minimum absolute atomic E-state index is 0.272. The number of nitrogens with one attached hydrogen (secondary N) is 2. The number of amides is 2. The molecule has 0 bridgehead atoms. The lowest BCUT2D eigenvalue weighted by Crippen LogP contribution is -2.42. The number of halogens is 1. The average Bonchev–Trinajstić information content (AvgIpc) is 2.37. The second-order valence-electron chi connectivity index (χ2n) is 3.70. The molecule has 3 N–H and O–H groups in total. The Hall–Kier alpha value is -2.07. The number of hydrogen-bond acceptors (Lipinski definition) is 3. The Bertz CT molecular complexity index is 540. The van der Waals surface area contributed by atoms with Crippen LogP contribution >= 0.6 is 15.9 Å². The van der Waals surface area contributed by atoms with E-state index in [1.807, 2.05) is 6.07 Å². The van der Waals surface area contributed by atoms with E-state index < -0.39 is 18.0 Å². The quantitative estimate of drug-likeness (QED) is 0.790. The average molecular weight is 326 g/mol. The zero-order valence-corrected chi connectivity index (χ0v) is 11.7. The molecule has 1 atom stereocenters. The van der Waals surface area contributed by atoms with Gasteiger partial charge in [-0.1, -0.05) is 22.9 Å². The van der Waals surface area contributed by atoms with Crippen molar-refractivity contribution in [2.45, 2.75) is 19.4 Å². The van der Waals surface area contributed by atoms with Gasteiger partial charge in [0.1, 0.15) is 12.1 Å². The van der Waals surface area contributed by atoms with E-state index in [0.717, 1.165) is 0 Å². The van der Waals surface area contributed by atoms with Crippen LogP contribution in [0.3, 0.4) is 0 Å². The molecule has 0 heterocycles. The van der Waals surface area contributed by atoms with E-state index in [9.17, 15) is 9.59 Å². The molecule has 0 saturated carbocycles. The predicted molar refractivity (Wildman–Crippen MR) is 72.7 cm³/mol. The molecule has 0 saturated heterocycles. The Balaban J connectivity index is 2.78. The van der Waals surface area contributed by atoms with Crippen LogP contribution < -0.4 is 10.6 Å². The number of carbonyl (C=O) groups excluding carboxylic acids is 1. The summed E-state index contributed by atoms with van der Waals surface area (Å²) in [5.41, 5.74) is 0.608. The molecule has 0 radical (unpaired) electrons. The Labute approximate surface area is 118 Å². The lowest BCUT2D eigenvalue weighted by molar-refractivity contribution is -0.139. The van der Waals surface area contributed by atoms with Crippen molar-refractivity contribution < 1.29 is 14.7 Å². The number of carboxylic acid groups (broad SMARTS) is 1. The van der Waals surface area contributed by atoms with Gasteiger partial charge in [0.2, 0.25) is 0 Å². The summed E-state index contributed by atoms with van der Waals surface area (Å²) < 4.78 is 0.715. The Morgan fingerprint density at radius 3 is 2.74 bits per heavy atom. The molecule has 1 aromatic rings. The molecular formula is C12H12BrN3O3. The second kappa shape index (κ2) is 6.75. The predicted octanol–water partition coefficient (Wildman–Crippen LogP) is 2.31. The molecule has 1 rings (SSSR count). The largest absolute Gasteiger partial charge is 0.480 e. The van der Waals surface area contributed by atoms with Crippen molar-refractivity contribution >= 4 is 33.6 Å². The summed E-state index contributed by atoms with van der Waals surface area (Å²) in [6.45, 7) is 1.65. The number of rotatable bonds is 4. The Kier molecular flexibility index (Phi) is 5.33. The van der Waals surface area contributed by atoms with E-state index in [1.165, 1.54) is 0 Å². The van der Waals surface area contributed by atoms with Gasteiger partial charge in [-0.25, -0.2) is 9.59 Å². The Morgan fingerprint density at radius 1 is 1.53 bits per heavy atom. The first-order chi connectivity index (χ1) is 8.97. The van der Waals surface area contributed by atoms with Gasteiger partial charge in [0.05, 0.1) is 11.3 Å². The summed E-state index contributed by atoms with van der Waals surface area (Å²) in [6, 6.07) is 5.12. The molecule has 2 amide bonds. The lowest BCUT2D eigenvalue weighted by Gasteiger charge is -2.13. The van der Waals surface area contributed by atoms with Gasteiger partial charge in [-0.05, 0) is 24.6 Å². The van der Waals surface area contributed by atoms with Crippen LogP contribution in [-0.2, 0) is 4.79 Å². The highest BCUT2D eigenvalue weighted by molar-refractivity contribution is 9.10. The monoisotopic (exact) mass is 325 g/mol. The fraction of sp³-hybridized carbons (Fsp3) is 0.250. The third-order valence-corrected chi connectivity index (χ3v) is 2.86. The normalized spacial score (nSPS) is 11.2. The van der Waals surface area contributed by atoms with Crippen LogP contribution in [0.25, 0.3) is 0 Å². The molecular weight excluding hydrogens is 314 g/mol. The number of hydrogen-bond donors (Lipinski definition) is 3. The summed E-state index contributed by atoms with van der Waals surface area (Å²) in [7, 11) is 0. The van der Waals surface area contributed by atoms with Crippen LogP contribution in [0, 0.1) is 11.3 Å². The third-order valence-electron chi connectivity index (χ3n) is 2.36. The lowest BCUT2D eigenvalue weighted by atomic mass is 10.2. The van der Waals surface area contributed by atoms with Gasteiger partial charge in [-0.15, -0.1) is 0 Å². The third kappa shape index (κ3) is 4.26. The maximum atomic E-state index is 11.6. The number of aliphatic carboxylic acids is 1. The van der Waals surface area contributed by atoms with E-state index in [-0.39, 0.29) is 12.0 Å². The van der Waals surface area contributed by atoms with Crippen LogP contribution in [0.2, 0.25) is 0 Å². The standard InChI is InChI=1S/C12H12BrN3O3/c1-2-9(11(17)18)15-12(19)16-10-4-3-8(13)5-7(10)6-14/h3-5,9H,2H2,1H3,(H,17,18)(H2,15,16,19)/t9-/m0/s1.